The van der Waals surface area contributed by atoms with Crippen molar-refractivity contribution in [2.75, 3.05) is 19.8 Å². The first-order valence-electron chi connectivity index (χ1n) is 13.8. The molecule has 3 aromatic carbocycles. The molecule has 6 rings (SSSR count). The molecule has 4 amide bonds. The van der Waals surface area contributed by atoms with E-state index >= 15 is 0 Å². The average molecular weight is 542 g/mol. The number of carbonyl (C=O) groups excluding carboxylic acids is 4. The zero-order chi connectivity index (χ0) is 27.6. The van der Waals surface area contributed by atoms with Gasteiger partial charge in [0, 0.05) is 25.1 Å². The van der Waals surface area contributed by atoms with Crippen molar-refractivity contribution >= 4 is 34.4 Å². The van der Waals surface area contributed by atoms with Crippen LogP contribution in [0.1, 0.15) is 48.0 Å². The van der Waals surface area contributed by atoms with Gasteiger partial charge in [0.2, 0.25) is 11.8 Å². The van der Waals surface area contributed by atoms with E-state index in [1.165, 1.54) is 4.90 Å². The predicted molar refractivity (Wildman–Crippen MR) is 147 cm³/mol. The molecule has 0 aliphatic carbocycles. The van der Waals surface area contributed by atoms with E-state index in [2.05, 4.69) is 5.32 Å². The number of nitrogens with zero attached hydrogens (tertiary/aromatic N) is 2. The van der Waals surface area contributed by atoms with E-state index in [0.717, 1.165) is 35.6 Å². The van der Waals surface area contributed by atoms with E-state index in [1.807, 2.05) is 53.4 Å². The summed E-state index contributed by atoms with van der Waals surface area (Å²) in [6.07, 6.45) is 3.34. The van der Waals surface area contributed by atoms with Gasteiger partial charge in [0.1, 0.15) is 24.1 Å². The molecule has 3 aromatic rings. The van der Waals surface area contributed by atoms with Crippen molar-refractivity contribution in [3.05, 3.63) is 71.8 Å². The van der Waals surface area contributed by atoms with Gasteiger partial charge in [-0.05, 0) is 72.4 Å². The Bertz CT molecular complexity index is 1490. The molecule has 206 valence electrons. The SMILES string of the molecule is O=C1CCC(N2Cc3cc(OC[C@@H]4CCCCN4C(=O)COc4ccc5ccccc5c4)ccc3C2=O)C(=O)N1. The van der Waals surface area contributed by atoms with Crippen molar-refractivity contribution in [2.45, 2.75) is 50.7 Å². The summed E-state index contributed by atoms with van der Waals surface area (Å²) in [5.74, 6) is 0.252. The third kappa shape index (κ3) is 5.23. The highest BCUT2D eigenvalue weighted by Gasteiger charge is 2.39. The normalized spacial score (nSPS) is 20.9. The number of likely N-dealkylation sites (tertiary alicyclic amines) is 1. The highest BCUT2D eigenvalue weighted by atomic mass is 16.5. The van der Waals surface area contributed by atoms with Crippen molar-refractivity contribution in [3.63, 3.8) is 0 Å². The molecule has 3 aliphatic heterocycles. The summed E-state index contributed by atoms with van der Waals surface area (Å²) in [5, 5.41) is 4.50. The molecule has 2 saturated heterocycles. The van der Waals surface area contributed by atoms with Gasteiger partial charge in [-0.3, -0.25) is 24.5 Å². The lowest BCUT2D eigenvalue weighted by atomic mass is 10.0. The fourth-order valence-electron chi connectivity index (χ4n) is 5.82. The standard InChI is InChI=1S/C31H31N3O6/c35-28-13-12-27(30(37)32-28)34-17-22-16-25(10-11-26(22)31(34)38)39-18-23-7-3-4-14-33(23)29(36)19-40-24-9-8-20-5-1-2-6-21(20)15-24/h1-2,5-6,8-11,15-16,23,27H,3-4,7,12-14,17-19H2,(H,32,35,37)/t23-,27?/m0/s1. The lowest BCUT2D eigenvalue weighted by Gasteiger charge is -2.35. The molecule has 1 N–H and O–H groups in total. The fourth-order valence-corrected chi connectivity index (χ4v) is 5.82. The summed E-state index contributed by atoms with van der Waals surface area (Å²) >= 11 is 0. The van der Waals surface area contributed by atoms with Gasteiger partial charge in [-0.15, -0.1) is 0 Å². The number of imide groups is 1. The molecule has 0 bridgehead atoms. The lowest BCUT2D eigenvalue weighted by Crippen LogP contribution is -2.52. The highest BCUT2D eigenvalue weighted by Crippen LogP contribution is 2.30. The molecule has 2 fully saturated rings. The van der Waals surface area contributed by atoms with Gasteiger partial charge >= 0.3 is 0 Å². The van der Waals surface area contributed by atoms with Gasteiger partial charge in [-0.1, -0.05) is 30.3 Å². The Morgan fingerprint density at radius 3 is 2.55 bits per heavy atom. The third-order valence-corrected chi connectivity index (χ3v) is 7.97. The number of piperidine rings is 2. The number of fused-ring (bicyclic) bond motifs is 2. The zero-order valence-corrected chi connectivity index (χ0v) is 22.1. The average Bonchev–Trinajstić information content (AvgIpc) is 3.30. The second kappa shape index (κ2) is 11.0. The molecule has 0 radical (unpaired) electrons. The van der Waals surface area contributed by atoms with E-state index in [-0.39, 0.29) is 43.3 Å². The largest absolute Gasteiger partial charge is 0.491 e. The summed E-state index contributed by atoms with van der Waals surface area (Å²) in [6.45, 7) is 1.25. The van der Waals surface area contributed by atoms with Crippen LogP contribution in [0.25, 0.3) is 10.8 Å². The maximum Gasteiger partial charge on any atom is 0.260 e. The summed E-state index contributed by atoms with van der Waals surface area (Å²) in [5.41, 5.74) is 1.32. The molecular weight excluding hydrogens is 510 g/mol. The van der Waals surface area contributed by atoms with Gasteiger partial charge in [0.25, 0.3) is 11.8 Å². The lowest BCUT2D eigenvalue weighted by molar-refractivity contribution is -0.138. The molecule has 40 heavy (non-hydrogen) atoms. The minimum Gasteiger partial charge on any atom is -0.491 e. The summed E-state index contributed by atoms with van der Waals surface area (Å²) in [7, 11) is 0. The Morgan fingerprint density at radius 2 is 1.70 bits per heavy atom. The summed E-state index contributed by atoms with van der Waals surface area (Å²) < 4.78 is 12.0. The molecule has 3 aliphatic rings. The van der Waals surface area contributed by atoms with Crippen LogP contribution in [-0.2, 0) is 20.9 Å². The smallest absolute Gasteiger partial charge is 0.260 e. The van der Waals surface area contributed by atoms with Gasteiger partial charge in [-0.2, -0.15) is 0 Å². The van der Waals surface area contributed by atoms with Crippen molar-refractivity contribution in [1.29, 1.82) is 0 Å². The first-order valence-corrected chi connectivity index (χ1v) is 13.8. The maximum absolute atomic E-state index is 13.1. The van der Waals surface area contributed by atoms with E-state index in [1.54, 1.807) is 12.1 Å². The number of hydrogen-bond acceptors (Lipinski definition) is 6. The zero-order valence-electron chi connectivity index (χ0n) is 22.1. The van der Waals surface area contributed by atoms with E-state index < -0.39 is 11.9 Å². The quantitative estimate of drug-likeness (QED) is 0.460. The van der Waals surface area contributed by atoms with Crippen molar-refractivity contribution in [1.82, 2.24) is 15.1 Å². The Morgan fingerprint density at radius 1 is 0.900 bits per heavy atom. The topological polar surface area (TPSA) is 105 Å². The molecule has 0 aromatic heterocycles. The van der Waals surface area contributed by atoms with Gasteiger partial charge < -0.3 is 19.3 Å². The van der Waals surface area contributed by atoms with Crippen LogP contribution in [0.5, 0.6) is 11.5 Å². The van der Waals surface area contributed by atoms with Crippen LogP contribution >= 0.6 is 0 Å². The highest BCUT2D eigenvalue weighted by molar-refractivity contribution is 6.05. The van der Waals surface area contributed by atoms with Gasteiger partial charge in [0.15, 0.2) is 6.61 Å². The molecule has 0 saturated carbocycles. The molecular formula is C31H31N3O6. The maximum atomic E-state index is 13.1. The Kier molecular flexibility index (Phi) is 7.11. The molecule has 2 atom stereocenters. The molecule has 9 nitrogen and oxygen atoms in total. The number of hydrogen-bond donors (Lipinski definition) is 1. The Labute approximate surface area is 232 Å². The van der Waals surface area contributed by atoms with Crippen LogP contribution in [-0.4, -0.2) is 65.3 Å². The summed E-state index contributed by atoms with van der Waals surface area (Å²) in [4.78, 5) is 53.3. The number of ether oxygens (including phenoxy) is 2. The van der Waals surface area contributed by atoms with Crippen molar-refractivity contribution < 1.29 is 28.7 Å². The Hall–Kier alpha value is -4.40. The van der Waals surface area contributed by atoms with Crippen molar-refractivity contribution in [3.8, 4) is 11.5 Å². The van der Waals surface area contributed by atoms with Crippen LogP contribution in [0.4, 0.5) is 0 Å². The first kappa shape index (κ1) is 25.9. The third-order valence-electron chi connectivity index (χ3n) is 7.97. The van der Waals surface area contributed by atoms with Gasteiger partial charge in [-0.25, -0.2) is 0 Å². The van der Waals surface area contributed by atoms with Crippen LogP contribution in [0, 0.1) is 0 Å². The van der Waals surface area contributed by atoms with E-state index in [0.29, 0.717) is 36.6 Å². The minimum absolute atomic E-state index is 0.0357. The van der Waals surface area contributed by atoms with Crippen LogP contribution in [0.15, 0.2) is 60.7 Å². The predicted octanol–water partition coefficient (Wildman–Crippen LogP) is 3.44. The molecule has 1 unspecified atom stereocenters. The first-order chi connectivity index (χ1) is 19.5. The Balaban J connectivity index is 1.06. The van der Waals surface area contributed by atoms with Crippen LogP contribution in [0.3, 0.4) is 0 Å². The summed E-state index contributed by atoms with van der Waals surface area (Å²) in [6, 6.07) is 18.4. The molecule has 0 spiro atoms. The minimum atomic E-state index is -0.652. The number of carbonyl (C=O) groups is 4. The van der Waals surface area contributed by atoms with E-state index in [9.17, 15) is 19.2 Å². The number of benzene rings is 3. The van der Waals surface area contributed by atoms with E-state index in [4.69, 9.17) is 9.47 Å². The second-order valence-corrected chi connectivity index (χ2v) is 10.6. The monoisotopic (exact) mass is 541 g/mol. The number of rotatable bonds is 7. The number of amides is 4. The molecule has 3 heterocycles. The van der Waals surface area contributed by atoms with Crippen LogP contribution in [0.2, 0.25) is 0 Å². The molecule has 9 heteroatoms. The number of nitrogens with one attached hydrogen (secondary N) is 1. The van der Waals surface area contributed by atoms with Crippen LogP contribution < -0.4 is 14.8 Å². The fraction of sp³-hybridized carbons (Fsp3) is 0.355. The van der Waals surface area contributed by atoms with Gasteiger partial charge in [0.05, 0.1) is 6.04 Å². The second-order valence-electron chi connectivity index (χ2n) is 10.6. The van der Waals surface area contributed by atoms with Crippen molar-refractivity contribution in [2.24, 2.45) is 0 Å².